The molecular formula is C18H25NO. The van der Waals surface area contributed by atoms with E-state index in [1.165, 1.54) is 24.1 Å². The molecule has 108 valence electrons. The fourth-order valence-electron chi connectivity index (χ4n) is 2.23. The van der Waals surface area contributed by atoms with E-state index in [1.54, 1.807) is 0 Å². The quantitative estimate of drug-likeness (QED) is 0.665. The average Bonchev–Trinajstić information content (AvgIpc) is 3.24. The van der Waals surface area contributed by atoms with Crippen LogP contribution in [0.5, 0.6) is 0 Å². The fraction of sp³-hybridized carbons (Fsp3) is 0.556. The van der Waals surface area contributed by atoms with Gasteiger partial charge in [0.15, 0.2) is 0 Å². The van der Waals surface area contributed by atoms with Crippen molar-refractivity contribution in [2.24, 2.45) is 5.41 Å². The largest absolute Gasteiger partial charge is 0.375 e. The number of rotatable bonds is 0. The van der Waals surface area contributed by atoms with E-state index in [0.717, 1.165) is 18.7 Å². The summed E-state index contributed by atoms with van der Waals surface area (Å²) < 4.78 is 5.67. The van der Waals surface area contributed by atoms with Gasteiger partial charge in [0.25, 0.3) is 0 Å². The zero-order chi connectivity index (χ0) is 14.6. The van der Waals surface area contributed by atoms with E-state index in [0.29, 0.717) is 6.61 Å². The maximum atomic E-state index is 5.67. The van der Waals surface area contributed by atoms with Crippen LogP contribution < -0.4 is 4.90 Å². The van der Waals surface area contributed by atoms with Gasteiger partial charge in [-0.15, -0.1) is 0 Å². The van der Waals surface area contributed by atoms with Gasteiger partial charge >= 0.3 is 0 Å². The Bertz CT molecular complexity index is 520. The first kappa shape index (κ1) is 14.9. The molecule has 1 aliphatic carbocycles. The Morgan fingerprint density at radius 3 is 2.70 bits per heavy atom. The summed E-state index contributed by atoms with van der Waals surface area (Å²) in [5.41, 5.74) is 3.92. The highest BCUT2D eigenvalue weighted by molar-refractivity contribution is 5.60. The van der Waals surface area contributed by atoms with Crippen molar-refractivity contribution < 1.29 is 4.74 Å². The minimum absolute atomic E-state index is 0.278. The summed E-state index contributed by atoms with van der Waals surface area (Å²) in [6, 6.07) is 6.37. The molecule has 0 radical (unpaired) electrons. The zero-order valence-electron chi connectivity index (χ0n) is 13.1. The van der Waals surface area contributed by atoms with E-state index in [1.807, 2.05) is 13.8 Å². The average molecular weight is 271 g/mol. The Kier molecular flexibility index (Phi) is 4.73. The highest BCUT2D eigenvalue weighted by atomic mass is 16.5. The summed E-state index contributed by atoms with van der Waals surface area (Å²) in [6.45, 7) is 8.66. The number of fused-ring (bicyclic) bond motifs is 1. The SMILES string of the molecule is CC.CN1CCOCc2c(C#CC3(C)CC3)cccc21. The van der Waals surface area contributed by atoms with Crippen LogP contribution in [0, 0.1) is 17.3 Å². The Morgan fingerprint density at radius 1 is 1.25 bits per heavy atom. The van der Waals surface area contributed by atoms with E-state index in [2.05, 4.69) is 48.9 Å². The lowest BCUT2D eigenvalue weighted by molar-refractivity contribution is 0.132. The molecule has 1 aromatic carbocycles. The standard InChI is InChI=1S/C16H19NO.C2H6/c1-16(8-9-16)7-6-13-4-3-5-15-14(13)12-18-11-10-17(15)2;1-2/h3-5H,8-12H2,1-2H3;1-2H3. The second-order valence-electron chi connectivity index (χ2n) is 5.59. The van der Waals surface area contributed by atoms with Crippen molar-refractivity contribution in [3.05, 3.63) is 29.3 Å². The number of nitrogens with zero attached hydrogens (tertiary/aromatic N) is 1. The molecule has 1 saturated carbocycles. The molecule has 0 spiro atoms. The third kappa shape index (κ3) is 3.35. The third-order valence-corrected chi connectivity index (χ3v) is 3.88. The summed E-state index contributed by atoms with van der Waals surface area (Å²) in [5, 5.41) is 0. The van der Waals surface area contributed by atoms with Gasteiger partial charge < -0.3 is 9.64 Å². The summed E-state index contributed by atoms with van der Waals surface area (Å²) in [4.78, 5) is 2.26. The van der Waals surface area contributed by atoms with E-state index in [-0.39, 0.29) is 5.41 Å². The minimum Gasteiger partial charge on any atom is -0.375 e. The number of hydrogen-bond donors (Lipinski definition) is 0. The van der Waals surface area contributed by atoms with Crippen LogP contribution in [-0.4, -0.2) is 20.2 Å². The number of benzene rings is 1. The first-order valence-electron chi connectivity index (χ1n) is 7.62. The van der Waals surface area contributed by atoms with Crippen molar-refractivity contribution >= 4 is 5.69 Å². The van der Waals surface area contributed by atoms with Crippen LogP contribution in [0.3, 0.4) is 0 Å². The second kappa shape index (κ2) is 6.33. The van der Waals surface area contributed by atoms with Gasteiger partial charge in [0, 0.05) is 35.8 Å². The van der Waals surface area contributed by atoms with E-state index in [4.69, 9.17) is 4.74 Å². The zero-order valence-corrected chi connectivity index (χ0v) is 13.1. The van der Waals surface area contributed by atoms with Crippen LogP contribution in [0.2, 0.25) is 0 Å². The van der Waals surface area contributed by atoms with Gasteiger partial charge in [-0.1, -0.05) is 31.8 Å². The fourth-order valence-corrected chi connectivity index (χ4v) is 2.23. The molecule has 0 aromatic heterocycles. The number of ether oxygens (including phenoxy) is 1. The molecule has 3 rings (SSSR count). The van der Waals surface area contributed by atoms with Crippen LogP contribution in [0.1, 0.15) is 44.7 Å². The lowest BCUT2D eigenvalue weighted by Crippen LogP contribution is -2.20. The first-order chi connectivity index (χ1) is 9.68. The minimum atomic E-state index is 0.278. The van der Waals surface area contributed by atoms with Crippen LogP contribution in [-0.2, 0) is 11.3 Å². The van der Waals surface area contributed by atoms with Crippen molar-refractivity contribution in [3.8, 4) is 11.8 Å². The smallest absolute Gasteiger partial charge is 0.0750 e. The van der Waals surface area contributed by atoms with Gasteiger partial charge in [-0.25, -0.2) is 0 Å². The van der Waals surface area contributed by atoms with Crippen LogP contribution in [0.25, 0.3) is 0 Å². The lowest BCUT2D eigenvalue weighted by atomic mass is 10.0. The van der Waals surface area contributed by atoms with Gasteiger partial charge in [-0.3, -0.25) is 0 Å². The molecule has 2 aliphatic rings. The Morgan fingerprint density at radius 2 is 2.00 bits per heavy atom. The van der Waals surface area contributed by atoms with E-state index < -0.39 is 0 Å². The molecular weight excluding hydrogens is 246 g/mol. The summed E-state index contributed by atoms with van der Waals surface area (Å²) in [5.74, 6) is 6.78. The van der Waals surface area contributed by atoms with Crippen molar-refractivity contribution in [1.82, 2.24) is 0 Å². The molecule has 0 saturated heterocycles. The highest BCUT2D eigenvalue weighted by Gasteiger charge is 2.35. The topological polar surface area (TPSA) is 12.5 Å². The first-order valence-corrected chi connectivity index (χ1v) is 7.62. The molecule has 20 heavy (non-hydrogen) atoms. The van der Waals surface area contributed by atoms with Crippen LogP contribution in [0.15, 0.2) is 18.2 Å². The summed E-state index contributed by atoms with van der Waals surface area (Å²) in [7, 11) is 2.12. The molecule has 2 heteroatoms. The summed E-state index contributed by atoms with van der Waals surface area (Å²) >= 11 is 0. The van der Waals surface area contributed by atoms with Gasteiger partial charge in [0.2, 0.25) is 0 Å². The predicted octanol–water partition coefficient (Wildman–Crippen LogP) is 3.83. The normalized spacial score (nSPS) is 18.7. The molecule has 0 atom stereocenters. The molecule has 1 heterocycles. The third-order valence-electron chi connectivity index (χ3n) is 3.88. The number of hydrogen-bond acceptors (Lipinski definition) is 2. The maximum Gasteiger partial charge on any atom is 0.0750 e. The lowest BCUT2D eigenvalue weighted by Gasteiger charge is -2.18. The molecule has 0 bridgehead atoms. The molecule has 2 nitrogen and oxygen atoms in total. The molecule has 1 aliphatic heterocycles. The molecule has 0 amide bonds. The molecule has 0 unspecified atom stereocenters. The van der Waals surface area contributed by atoms with Gasteiger partial charge in [-0.05, 0) is 31.9 Å². The monoisotopic (exact) mass is 271 g/mol. The Labute approximate surface area is 123 Å². The van der Waals surface area contributed by atoms with E-state index in [9.17, 15) is 0 Å². The highest BCUT2D eigenvalue weighted by Crippen LogP contribution is 2.44. The van der Waals surface area contributed by atoms with Crippen LogP contribution in [0.4, 0.5) is 5.69 Å². The molecule has 1 aromatic rings. The predicted molar refractivity (Wildman–Crippen MR) is 84.9 cm³/mol. The maximum absolute atomic E-state index is 5.67. The van der Waals surface area contributed by atoms with Crippen molar-refractivity contribution in [3.63, 3.8) is 0 Å². The number of anilines is 1. The Hall–Kier alpha value is -1.46. The van der Waals surface area contributed by atoms with Crippen LogP contribution >= 0.6 is 0 Å². The molecule has 0 N–H and O–H groups in total. The van der Waals surface area contributed by atoms with E-state index >= 15 is 0 Å². The number of likely N-dealkylation sites (N-methyl/N-ethyl adjacent to an activating group) is 1. The Balaban J connectivity index is 0.000000704. The molecule has 1 fully saturated rings. The van der Waals surface area contributed by atoms with Gasteiger partial charge in [0.1, 0.15) is 0 Å². The van der Waals surface area contributed by atoms with Gasteiger partial charge in [-0.2, -0.15) is 0 Å². The summed E-state index contributed by atoms with van der Waals surface area (Å²) in [6.07, 6.45) is 2.48. The van der Waals surface area contributed by atoms with Crippen molar-refractivity contribution in [2.75, 3.05) is 25.1 Å². The van der Waals surface area contributed by atoms with Crippen molar-refractivity contribution in [1.29, 1.82) is 0 Å². The van der Waals surface area contributed by atoms with Crippen molar-refractivity contribution in [2.45, 2.75) is 40.2 Å². The van der Waals surface area contributed by atoms with Gasteiger partial charge in [0.05, 0.1) is 13.2 Å². The second-order valence-corrected chi connectivity index (χ2v) is 5.59.